The number of rotatable bonds is 6. The largest absolute Gasteiger partial charge is 0.309 e. The van der Waals surface area contributed by atoms with Gasteiger partial charge < -0.3 is 9.69 Å². The summed E-state index contributed by atoms with van der Waals surface area (Å²) >= 11 is 0. The van der Waals surface area contributed by atoms with Gasteiger partial charge in [-0.2, -0.15) is 0 Å². The molecule has 0 atom stereocenters. The van der Waals surface area contributed by atoms with E-state index in [9.17, 15) is 9.59 Å². The van der Waals surface area contributed by atoms with E-state index in [1.807, 2.05) is 49.6 Å². The lowest BCUT2D eigenvalue weighted by atomic mass is 9.95. The van der Waals surface area contributed by atoms with Crippen molar-refractivity contribution in [2.75, 3.05) is 11.4 Å². The summed E-state index contributed by atoms with van der Waals surface area (Å²) in [5.74, 6) is 0.663. The van der Waals surface area contributed by atoms with Crippen molar-refractivity contribution in [1.29, 1.82) is 0 Å². The Balaban J connectivity index is 1.45. The normalized spacial score (nSPS) is 15.7. The number of pyridine rings is 1. The number of fused-ring (bicyclic) bond motifs is 2. The number of carbonyl (C=O) groups excluding carboxylic acids is 2. The number of benzene rings is 1. The van der Waals surface area contributed by atoms with Crippen molar-refractivity contribution < 1.29 is 9.59 Å². The first-order valence-electron chi connectivity index (χ1n) is 10.7. The molecule has 1 aliphatic heterocycles. The SMILES string of the molecule is CC(=O)CCC(=O)c1ccc2c(c1)N(c1ncc(-c3cccc(C)n3)cn1)CC21CC1. The van der Waals surface area contributed by atoms with Gasteiger partial charge in [-0.05, 0) is 50.5 Å². The van der Waals surface area contributed by atoms with Gasteiger partial charge in [-0.1, -0.05) is 18.2 Å². The van der Waals surface area contributed by atoms with E-state index in [-0.39, 0.29) is 29.8 Å². The van der Waals surface area contributed by atoms with Crippen LogP contribution in [-0.2, 0) is 10.2 Å². The molecule has 3 aromatic rings. The van der Waals surface area contributed by atoms with Crippen molar-refractivity contribution in [2.24, 2.45) is 0 Å². The summed E-state index contributed by atoms with van der Waals surface area (Å²) in [6.07, 6.45) is 6.42. The molecule has 0 bridgehead atoms. The average Bonchev–Trinajstić information content (AvgIpc) is 3.48. The lowest BCUT2D eigenvalue weighted by Crippen LogP contribution is -2.21. The van der Waals surface area contributed by atoms with Crippen molar-refractivity contribution in [3.63, 3.8) is 0 Å². The predicted octanol–water partition coefficient (Wildman–Crippen LogP) is 4.58. The summed E-state index contributed by atoms with van der Waals surface area (Å²) in [6, 6.07) is 11.8. The van der Waals surface area contributed by atoms with E-state index < -0.39 is 0 Å². The molecule has 1 saturated carbocycles. The Morgan fingerprint density at radius 3 is 2.52 bits per heavy atom. The molecule has 0 radical (unpaired) electrons. The van der Waals surface area contributed by atoms with Crippen LogP contribution in [0, 0.1) is 6.92 Å². The summed E-state index contributed by atoms with van der Waals surface area (Å²) in [5, 5.41) is 0. The predicted molar refractivity (Wildman–Crippen MR) is 119 cm³/mol. The third kappa shape index (κ3) is 3.63. The highest BCUT2D eigenvalue weighted by atomic mass is 16.1. The van der Waals surface area contributed by atoms with Gasteiger partial charge in [-0.15, -0.1) is 0 Å². The fourth-order valence-corrected chi connectivity index (χ4v) is 4.34. The number of hydrogen-bond acceptors (Lipinski definition) is 6. The Morgan fingerprint density at radius 1 is 1.06 bits per heavy atom. The van der Waals surface area contributed by atoms with Crippen LogP contribution in [0.3, 0.4) is 0 Å². The van der Waals surface area contributed by atoms with E-state index in [4.69, 9.17) is 0 Å². The number of hydrogen-bond donors (Lipinski definition) is 0. The lowest BCUT2D eigenvalue weighted by molar-refractivity contribution is -0.116. The standard InChI is InChI=1S/C25H24N4O2/c1-16-4-3-5-21(28-16)19-13-26-24(27-14-19)29-15-25(10-11-25)20-8-7-18(12-22(20)29)23(31)9-6-17(2)30/h3-5,7-8,12-14H,6,9-11,15H2,1-2H3. The fraction of sp³-hybridized carbons (Fsp3) is 0.320. The van der Waals surface area contributed by atoms with E-state index in [1.54, 1.807) is 0 Å². The highest BCUT2D eigenvalue weighted by Crippen LogP contribution is 2.57. The first-order chi connectivity index (χ1) is 14.9. The Kier molecular flexibility index (Phi) is 4.65. The summed E-state index contributed by atoms with van der Waals surface area (Å²) in [7, 11) is 0. The van der Waals surface area contributed by atoms with E-state index in [2.05, 4.69) is 25.9 Å². The second-order valence-electron chi connectivity index (χ2n) is 8.66. The Hall–Kier alpha value is -3.41. The van der Waals surface area contributed by atoms with Gasteiger partial charge in [0.15, 0.2) is 5.78 Å². The van der Waals surface area contributed by atoms with Gasteiger partial charge in [-0.25, -0.2) is 9.97 Å². The number of aryl methyl sites for hydroxylation is 1. The van der Waals surface area contributed by atoms with Gasteiger partial charge >= 0.3 is 0 Å². The Morgan fingerprint density at radius 2 is 1.84 bits per heavy atom. The maximum absolute atomic E-state index is 12.6. The van der Waals surface area contributed by atoms with Crippen LogP contribution in [0.25, 0.3) is 11.3 Å². The van der Waals surface area contributed by atoms with Crippen LogP contribution in [-0.4, -0.2) is 33.1 Å². The molecule has 1 fully saturated rings. The first-order valence-corrected chi connectivity index (χ1v) is 10.7. The van der Waals surface area contributed by atoms with E-state index >= 15 is 0 Å². The van der Waals surface area contributed by atoms with Gasteiger partial charge in [0, 0.05) is 59.7 Å². The van der Waals surface area contributed by atoms with Gasteiger partial charge in [0.05, 0.1) is 5.69 Å². The third-order valence-electron chi connectivity index (χ3n) is 6.26. The average molecular weight is 412 g/mol. The smallest absolute Gasteiger partial charge is 0.229 e. The zero-order valence-corrected chi connectivity index (χ0v) is 17.8. The maximum Gasteiger partial charge on any atom is 0.229 e. The molecular formula is C25H24N4O2. The number of nitrogens with zero attached hydrogens (tertiary/aromatic N) is 4. The molecule has 0 unspecified atom stereocenters. The zero-order chi connectivity index (χ0) is 21.6. The molecule has 1 aliphatic carbocycles. The van der Waals surface area contributed by atoms with Gasteiger partial charge in [0.1, 0.15) is 5.78 Å². The molecule has 31 heavy (non-hydrogen) atoms. The van der Waals surface area contributed by atoms with Gasteiger partial charge in [-0.3, -0.25) is 9.78 Å². The van der Waals surface area contributed by atoms with E-state index in [0.29, 0.717) is 11.5 Å². The number of Topliss-reactive ketones (excluding diaryl/α,β-unsaturated/α-hetero) is 2. The quantitative estimate of drug-likeness (QED) is 0.552. The first kappa shape index (κ1) is 19.5. The molecule has 6 heteroatoms. The second-order valence-corrected chi connectivity index (χ2v) is 8.66. The molecule has 0 saturated heterocycles. The molecule has 6 nitrogen and oxygen atoms in total. The van der Waals surface area contributed by atoms with Crippen molar-refractivity contribution in [3.8, 4) is 11.3 Å². The van der Waals surface area contributed by atoms with Gasteiger partial charge in [0.25, 0.3) is 0 Å². The van der Waals surface area contributed by atoms with Crippen molar-refractivity contribution in [1.82, 2.24) is 15.0 Å². The molecule has 1 spiro atoms. The molecule has 2 aliphatic rings. The topological polar surface area (TPSA) is 76.1 Å². The Labute approximate surface area is 181 Å². The van der Waals surface area contributed by atoms with Crippen LogP contribution in [0.1, 0.15) is 54.2 Å². The number of anilines is 2. The third-order valence-corrected chi connectivity index (χ3v) is 6.26. The zero-order valence-electron chi connectivity index (χ0n) is 17.8. The molecule has 2 aromatic heterocycles. The summed E-state index contributed by atoms with van der Waals surface area (Å²) in [4.78, 5) is 39.8. The minimum absolute atomic E-state index is 0.00325. The Bertz CT molecular complexity index is 1180. The van der Waals surface area contributed by atoms with Crippen molar-refractivity contribution in [2.45, 2.75) is 44.9 Å². The highest BCUT2D eigenvalue weighted by molar-refractivity contribution is 5.99. The van der Waals surface area contributed by atoms with Crippen molar-refractivity contribution in [3.05, 3.63) is 65.6 Å². The summed E-state index contributed by atoms with van der Waals surface area (Å²) in [6.45, 7) is 4.31. The summed E-state index contributed by atoms with van der Waals surface area (Å²) < 4.78 is 0. The lowest BCUT2D eigenvalue weighted by Gasteiger charge is -2.18. The van der Waals surface area contributed by atoms with Crippen LogP contribution in [0.15, 0.2) is 48.8 Å². The molecule has 0 N–H and O–H groups in total. The number of aromatic nitrogens is 3. The molecule has 156 valence electrons. The van der Waals surface area contributed by atoms with Crippen LogP contribution in [0.2, 0.25) is 0 Å². The minimum atomic E-state index is -0.00325. The molecular weight excluding hydrogens is 388 g/mol. The maximum atomic E-state index is 12.6. The van der Waals surface area contributed by atoms with Crippen LogP contribution in [0.4, 0.5) is 11.6 Å². The van der Waals surface area contributed by atoms with Crippen LogP contribution >= 0.6 is 0 Å². The second kappa shape index (κ2) is 7.38. The summed E-state index contributed by atoms with van der Waals surface area (Å²) in [5.41, 5.74) is 5.75. The van der Waals surface area contributed by atoms with Gasteiger partial charge in [0.2, 0.25) is 5.95 Å². The van der Waals surface area contributed by atoms with Crippen molar-refractivity contribution >= 4 is 23.2 Å². The molecule has 0 amide bonds. The molecule has 1 aromatic carbocycles. The van der Waals surface area contributed by atoms with E-state index in [1.165, 1.54) is 12.5 Å². The molecule has 3 heterocycles. The number of ketones is 2. The monoisotopic (exact) mass is 412 g/mol. The number of carbonyl (C=O) groups is 2. The van der Waals surface area contributed by atoms with Crippen LogP contribution in [0.5, 0.6) is 0 Å². The molecule has 5 rings (SSSR count). The minimum Gasteiger partial charge on any atom is -0.309 e. The fourth-order valence-electron chi connectivity index (χ4n) is 4.34. The van der Waals surface area contributed by atoms with Crippen LogP contribution < -0.4 is 4.90 Å². The highest BCUT2D eigenvalue weighted by Gasteiger charge is 2.52. The van der Waals surface area contributed by atoms with E-state index in [0.717, 1.165) is 42.0 Å².